The largest absolute Gasteiger partial charge is 0.493 e. The van der Waals surface area contributed by atoms with Crippen molar-refractivity contribution < 1.29 is 27.1 Å². The Labute approximate surface area is 134 Å². The van der Waals surface area contributed by atoms with E-state index in [0.29, 0.717) is 43.6 Å². The third-order valence-corrected chi connectivity index (χ3v) is 5.74. The molecule has 124 valence electrons. The van der Waals surface area contributed by atoms with E-state index in [1.54, 1.807) is 0 Å². The van der Waals surface area contributed by atoms with Crippen molar-refractivity contribution in [1.82, 2.24) is 0 Å². The zero-order valence-electron chi connectivity index (χ0n) is 12.1. The van der Waals surface area contributed by atoms with Crippen molar-refractivity contribution in [3.8, 4) is 5.75 Å². The molecule has 0 spiro atoms. The molecule has 0 saturated heterocycles. The van der Waals surface area contributed by atoms with Crippen molar-refractivity contribution in [3.05, 3.63) is 23.3 Å². The first-order valence-corrected chi connectivity index (χ1v) is 8.27. The van der Waals surface area contributed by atoms with Crippen molar-refractivity contribution in [2.75, 3.05) is 6.61 Å². The summed E-state index contributed by atoms with van der Waals surface area (Å²) in [5.74, 6) is 0.195. The zero-order chi connectivity index (χ0) is 16.5. The van der Waals surface area contributed by atoms with Crippen molar-refractivity contribution >= 4 is 17.5 Å². The van der Waals surface area contributed by atoms with Crippen LogP contribution >= 0.6 is 11.8 Å². The molecule has 3 saturated carbocycles. The van der Waals surface area contributed by atoms with E-state index in [4.69, 9.17) is 4.74 Å². The summed E-state index contributed by atoms with van der Waals surface area (Å²) in [6.07, 6.45) is 2.12. The Kier molecular flexibility index (Phi) is 3.09. The van der Waals surface area contributed by atoms with E-state index in [0.717, 1.165) is 0 Å². The standard InChI is InChI=1S/C16H14F4O2S/c17-15-5-14(6-15,7-15)8-22-11-3-4-12(23-16(18,19)20)13-9(11)1-2-10(13)21/h3-4H,1-2,5-8H2. The maximum atomic E-state index is 13.5. The summed E-state index contributed by atoms with van der Waals surface area (Å²) in [4.78, 5) is 11.9. The number of carbonyl (C=O) groups excluding carboxylic acids is 1. The van der Waals surface area contributed by atoms with Crippen molar-refractivity contribution in [1.29, 1.82) is 0 Å². The minimum atomic E-state index is -4.43. The Balaban J connectivity index is 1.56. The van der Waals surface area contributed by atoms with Gasteiger partial charge in [0, 0.05) is 27.9 Å². The highest BCUT2D eigenvalue weighted by Crippen LogP contribution is 2.69. The number of ketones is 1. The molecule has 3 fully saturated rings. The molecule has 0 unspecified atom stereocenters. The van der Waals surface area contributed by atoms with E-state index in [-0.39, 0.29) is 39.8 Å². The van der Waals surface area contributed by atoms with E-state index in [2.05, 4.69) is 0 Å². The maximum Gasteiger partial charge on any atom is 0.446 e. The van der Waals surface area contributed by atoms with Gasteiger partial charge in [-0.25, -0.2) is 4.39 Å². The molecule has 7 heteroatoms. The average molecular weight is 346 g/mol. The Bertz CT molecular complexity index is 678. The monoisotopic (exact) mass is 346 g/mol. The molecule has 5 rings (SSSR count). The molecule has 4 aliphatic carbocycles. The van der Waals surface area contributed by atoms with Crippen molar-refractivity contribution in [3.63, 3.8) is 0 Å². The van der Waals surface area contributed by atoms with Crippen LogP contribution in [0, 0.1) is 5.41 Å². The highest BCUT2D eigenvalue weighted by atomic mass is 32.2. The van der Waals surface area contributed by atoms with Gasteiger partial charge in [0.25, 0.3) is 0 Å². The third-order valence-electron chi connectivity index (χ3n) is 4.95. The third kappa shape index (κ3) is 2.53. The number of Topliss-reactive ketones (excluding diaryl/α,β-unsaturated/α-hetero) is 1. The highest BCUT2D eigenvalue weighted by molar-refractivity contribution is 8.00. The van der Waals surface area contributed by atoms with E-state index < -0.39 is 11.2 Å². The van der Waals surface area contributed by atoms with Gasteiger partial charge in [-0.1, -0.05) is 0 Å². The molecule has 0 radical (unpaired) electrons. The normalized spacial score (nSPS) is 31.4. The minimum Gasteiger partial charge on any atom is -0.493 e. The fourth-order valence-electron chi connectivity index (χ4n) is 4.11. The van der Waals surface area contributed by atoms with Crippen LogP contribution in [0.3, 0.4) is 0 Å². The van der Waals surface area contributed by atoms with Crippen LogP contribution in [-0.4, -0.2) is 23.6 Å². The number of thioether (sulfide) groups is 1. The number of carbonyl (C=O) groups is 1. The van der Waals surface area contributed by atoms with Gasteiger partial charge in [0.2, 0.25) is 0 Å². The fraction of sp³-hybridized carbons (Fsp3) is 0.562. The van der Waals surface area contributed by atoms with Gasteiger partial charge in [0.1, 0.15) is 11.4 Å². The van der Waals surface area contributed by atoms with Crippen LogP contribution < -0.4 is 4.74 Å². The predicted molar refractivity (Wildman–Crippen MR) is 76.6 cm³/mol. The molecule has 4 aliphatic rings. The van der Waals surface area contributed by atoms with Crippen LogP contribution in [0.2, 0.25) is 0 Å². The van der Waals surface area contributed by atoms with Crippen LogP contribution in [0.1, 0.15) is 41.6 Å². The Morgan fingerprint density at radius 2 is 1.87 bits per heavy atom. The molecule has 2 nitrogen and oxygen atoms in total. The predicted octanol–water partition coefficient (Wildman–Crippen LogP) is 4.70. The van der Waals surface area contributed by atoms with Gasteiger partial charge < -0.3 is 4.74 Å². The first kappa shape index (κ1) is 15.3. The lowest BCUT2D eigenvalue weighted by molar-refractivity contribution is -0.226. The average Bonchev–Trinajstić information content (AvgIpc) is 2.75. The SMILES string of the molecule is O=C1CCc2c(OCC34CC(F)(C3)C4)ccc(SC(F)(F)F)c21. The van der Waals surface area contributed by atoms with Crippen LogP contribution in [0.5, 0.6) is 5.75 Å². The molecule has 0 aliphatic heterocycles. The number of benzene rings is 1. The van der Waals surface area contributed by atoms with Gasteiger partial charge in [0.05, 0.1) is 6.61 Å². The zero-order valence-corrected chi connectivity index (χ0v) is 13.0. The number of hydrogen-bond donors (Lipinski definition) is 0. The van der Waals surface area contributed by atoms with Crippen LogP contribution in [0.4, 0.5) is 17.6 Å². The van der Waals surface area contributed by atoms with E-state index in [1.165, 1.54) is 12.1 Å². The molecule has 0 atom stereocenters. The summed E-state index contributed by atoms with van der Waals surface area (Å²) in [5, 5.41) is 0. The van der Waals surface area contributed by atoms with Gasteiger partial charge in [-0.05, 0) is 49.6 Å². The molecular formula is C16H14F4O2S. The number of ether oxygens (including phenoxy) is 1. The van der Waals surface area contributed by atoms with E-state index in [9.17, 15) is 22.4 Å². The van der Waals surface area contributed by atoms with Crippen LogP contribution in [0.25, 0.3) is 0 Å². The Morgan fingerprint density at radius 1 is 1.17 bits per heavy atom. The van der Waals surface area contributed by atoms with Crippen LogP contribution in [0.15, 0.2) is 17.0 Å². The molecule has 0 heterocycles. The second-order valence-corrected chi connectivity index (χ2v) is 7.96. The maximum absolute atomic E-state index is 13.5. The minimum absolute atomic E-state index is 0.0597. The number of fused-ring (bicyclic) bond motifs is 1. The summed E-state index contributed by atoms with van der Waals surface area (Å²) >= 11 is -0.261. The molecule has 0 aromatic heterocycles. The second kappa shape index (κ2) is 4.65. The number of halogens is 4. The Morgan fingerprint density at radius 3 is 2.48 bits per heavy atom. The van der Waals surface area contributed by atoms with Gasteiger partial charge in [0.15, 0.2) is 5.78 Å². The fourth-order valence-corrected chi connectivity index (χ4v) is 4.84. The second-order valence-electron chi connectivity index (χ2n) is 6.86. The number of hydrogen-bond acceptors (Lipinski definition) is 3. The quantitative estimate of drug-likeness (QED) is 0.584. The molecule has 0 N–H and O–H groups in total. The topological polar surface area (TPSA) is 26.3 Å². The summed E-state index contributed by atoms with van der Waals surface area (Å²) in [6, 6.07) is 2.80. The summed E-state index contributed by atoms with van der Waals surface area (Å²) in [5.41, 5.74) is -4.84. The lowest BCUT2D eigenvalue weighted by atomic mass is 9.43. The van der Waals surface area contributed by atoms with Gasteiger partial charge in [-0.3, -0.25) is 4.79 Å². The smallest absolute Gasteiger partial charge is 0.446 e. The van der Waals surface area contributed by atoms with Gasteiger partial charge >= 0.3 is 5.51 Å². The summed E-state index contributed by atoms with van der Waals surface area (Å²) < 4.78 is 57.1. The van der Waals surface area contributed by atoms with Gasteiger partial charge in [-0.2, -0.15) is 13.2 Å². The molecule has 1 aromatic rings. The van der Waals surface area contributed by atoms with E-state index in [1.807, 2.05) is 0 Å². The molecule has 2 bridgehead atoms. The number of rotatable bonds is 4. The summed E-state index contributed by atoms with van der Waals surface area (Å²) in [7, 11) is 0. The van der Waals surface area contributed by atoms with E-state index >= 15 is 0 Å². The molecular weight excluding hydrogens is 332 g/mol. The van der Waals surface area contributed by atoms with Gasteiger partial charge in [-0.15, -0.1) is 0 Å². The first-order valence-electron chi connectivity index (χ1n) is 7.45. The molecule has 1 aromatic carbocycles. The lowest BCUT2D eigenvalue weighted by Gasteiger charge is -2.65. The first-order chi connectivity index (χ1) is 10.7. The number of alkyl halides is 4. The Hall–Kier alpha value is -1.24. The highest BCUT2D eigenvalue weighted by Gasteiger charge is 2.69. The lowest BCUT2D eigenvalue weighted by Crippen LogP contribution is -2.66. The van der Waals surface area contributed by atoms with Crippen LogP contribution in [-0.2, 0) is 6.42 Å². The summed E-state index contributed by atoms with van der Waals surface area (Å²) in [6.45, 7) is 0.366. The van der Waals surface area contributed by atoms with Crippen molar-refractivity contribution in [2.45, 2.75) is 48.2 Å². The van der Waals surface area contributed by atoms with Crippen molar-refractivity contribution in [2.24, 2.45) is 5.41 Å². The molecule has 23 heavy (non-hydrogen) atoms. The molecule has 0 amide bonds.